The molecule has 0 aliphatic carbocycles. The minimum absolute atomic E-state index is 0.398. The fourth-order valence-corrected chi connectivity index (χ4v) is 1.43. The van der Waals surface area contributed by atoms with Crippen molar-refractivity contribution in [1.29, 1.82) is 0 Å². The standard InChI is InChI=1S/C11H14N2O.C7H5ClO.C4H10N2/c14-11(10-4-2-1-3-5-10)13-8-6-12-7-9-13;8-7(9)6-4-2-1-3-5-6;1-2-6-4-3-5-1/h1-5,12H,6-9H2;1-5H;5-6H,1-4H2/i1D,2D,3D,4D,5D,6D2,7D2,8D2,9D2;1D,2D,3D,4D,5D;1D2,2D2,3D2,4D2. The summed E-state index contributed by atoms with van der Waals surface area (Å²) < 4.78 is 194. The van der Waals surface area contributed by atoms with E-state index >= 15 is 0 Å². The van der Waals surface area contributed by atoms with Gasteiger partial charge >= 0.3 is 0 Å². The van der Waals surface area contributed by atoms with Gasteiger partial charge in [-0.3, -0.25) is 9.59 Å². The van der Waals surface area contributed by atoms with Crippen molar-refractivity contribution in [2.24, 2.45) is 0 Å². The molecule has 2 aliphatic heterocycles. The third-order valence-electron chi connectivity index (χ3n) is 2.45. The topological polar surface area (TPSA) is 73.5 Å². The van der Waals surface area contributed by atoms with Crippen LogP contribution in [-0.4, -0.2) is 68.0 Å². The van der Waals surface area contributed by atoms with Crippen LogP contribution in [-0.2, 0) is 0 Å². The number of benzene rings is 2. The Kier molecular flexibility index (Phi) is 2.93. The molecular formula is C22H29ClN4O2. The molecule has 2 saturated heterocycles. The lowest BCUT2D eigenvalue weighted by Crippen LogP contribution is -2.46. The lowest BCUT2D eigenvalue weighted by atomic mass is 10.2. The van der Waals surface area contributed by atoms with E-state index in [9.17, 15) is 9.59 Å². The second-order valence-corrected chi connectivity index (χ2v) is 4.61. The zero-order chi connectivity index (χ0) is 43.8. The van der Waals surface area contributed by atoms with Gasteiger partial charge in [0.25, 0.3) is 11.1 Å². The zero-order valence-corrected chi connectivity index (χ0v) is 14.9. The Bertz CT molecular complexity index is 1750. The summed E-state index contributed by atoms with van der Waals surface area (Å²) in [6.45, 7) is -24.2. The SMILES string of the molecule is [2H]C1([2H])NC([2H])([2H])C([2H])([2H])NC1([2H])[2H].[2H]c1c([2H])c([2H])c(C(=O)Cl)c([2H])c1[2H].[2H]c1c([2H])c([2H])c(C(=O)N2C([2H])([2H])C([2H])([2H])NC([2H])([2H])C2([2H])[2H])c([2H])c1[2H]. The van der Waals surface area contributed by atoms with Gasteiger partial charge in [-0.1, -0.05) is 48.3 Å². The first-order valence-corrected chi connectivity index (χ1v) is 7.65. The summed E-state index contributed by atoms with van der Waals surface area (Å²) in [5, 5.41) is 3.81. The van der Waals surface area contributed by atoms with E-state index in [2.05, 4.69) is 0 Å². The van der Waals surface area contributed by atoms with E-state index in [0.717, 1.165) is 0 Å². The minimum Gasteiger partial charge on any atom is -0.336 e. The van der Waals surface area contributed by atoms with Gasteiger partial charge in [0.2, 0.25) is 0 Å². The van der Waals surface area contributed by atoms with Gasteiger partial charge in [-0.25, -0.2) is 0 Å². The first-order valence-electron chi connectivity index (χ1n) is 20.3. The molecule has 0 spiro atoms. The Balaban J connectivity index is 0.000000314. The molecule has 2 aromatic carbocycles. The van der Waals surface area contributed by atoms with Crippen LogP contribution < -0.4 is 16.0 Å². The van der Waals surface area contributed by atoms with Crippen molar-refractivity contribution in [2.45, 2.75) is 0 Å². The smallest absolute Gasteiger partial charge is 0.253 e. The van der Waals surface area contributed by atoms with Crippen molar-refractivity contribution >= 4 is 22.8 Å². The second kappa shape index (κ2) is 13.8. The molecule has 156 valence electrons. The van der Waals surface area contributed by atoms with Crippen LogP contribution in [0.3, 0.4) is 0 Å². The fourth-order valence-electron chi connectivity index (χ4n) is 1.33. The van der Waals surface area contributed by atoms with Gasteiger partial charge in [0.15, 0.2) is 0 Å². The number of carbonyl (C=O) groups excluding carboxylic acids is 2. The van der Waals surface area contributed by atoms with E-state index < -0.39 is 140 Å². The first kappa shape index (κ1) is 6.14. The van der Waals surface area contributed by atoms with E-state index in [1.165, 1.54) is 5.32 Å². The maximum atomic E-state index is 12.9. The Morgan fingerprint density at radius 2 is 1.17 bits per heavy atom. The van der Waals surface area contributed by atoms with Gasteiger partial charge in [-0.05, 0) is 23.7 Å². The van der Waals surface area contributed by atoms with Crippen molar-refractivity contribution in [3.05, 3.63) is 71.6 Å². The highest BCUT2D eigenvalue weighted by molar-refractivity contribution is 6.67. The molecule has 7 heteroatoms. The predicted octanol–water partition coefficient (Wildman–Crippen LogP) is 1.98. The maximum Gasteiger partial charge on any atom is 0.253 e. The molecule has 1 amide bonds. The monoisotopic (exact) mass is 442 g/mol. The number of rotatable bonds is 2. The van der Waals surface area contributed by atoms with Gasteiger partial charge in [-0.15, -0.1) is 0 Å². The number of halogens is 1. The molecule has 2 aliphatic rings. The molecular weight excluding hydrogens is 388 g/mol. The van der Waals surface area contributed by atoms with Crippen LogP contribution in [0.2, 0.25) is 0 Å². The zero-order valence-electron chi connectivity index (χ0n) is 40.1. The van der Waals surface area contributed by atoms with Gasteiger partial charge in [-0.2, -0.15) is 0 Å². The van der Waals surface area contributed by atoms with E-state index in [1.54, 1.807) is 10.6 Å². The minimum atomic E-state index is -3.47. The van der Waals surface area contributed by atoms with Crippen LogP contribution in [0.4, 0.5) is 0 Å². The van der Waals surface area contributed by atoms with Crippen molar-refractivity contribution in [2.75, 3.05) is 52.0 Å². The summed E-state index contributed by atoms with van der Waals surface area (Å²) >= 11 is 5.10. The van der Waals surface area contributed by atoms with Crippen molar-refractivity contribution in [3.63, 3.8) is 0 Å². The number of nitrogens with one attached hydrogen (secondary N) is 3. The molecule has 2 fully saturated rings. The van der Waals surface area contributed by atoms with E-state index in [4.69, 9.17) is 47.2 Å². The van der Waals surface area contributed by atoms with Crippen molar-refractivity contribution < 1.29 is 45.2 Å². The van der Waals surface area contributed by atoms with E-state index in [0.29, 0.717) is 0 Å². The number of hydrogen-bond acceptors (Lipinski definition) is 5. The predicted molar refractivity (Wildman–Crippen MR) is 118 cm³/mol. The highest BCUT2D eigenvalue weighted by Gasteiger charge is 2.16. The lowest BCUT2D eigenvalue weighted by Gasteiger charge is -2.27. The van der Waals surface area contributed by atoms with Gasteiger partial charge in [0.1, 0.15) is 0 Å². The average molecular weight is 443 g/mol. The Labute approximate surface area is 214 Å². The normalized spacial score (nSPS) is 42.7. The lowest BCUT2D eigenvalue weighted by molar-refractivity contribution is 0.0735. The van der Waals surface area contributed by atoms with Crippen LogP contribution in [0, 0.1) is 0 Å². The van der Waals surface area contributed by atoms with Crippen molar-refractivity contribution in [3.8, 4) is 0 Å². The third kappa shape index (κ3) is 9.19. The average Bonchev–Trinajstić information content (AvgIpc) is 2.98. The van der Waals surface area contributed by atoms with Crippen LogP contribution in [0.1, 0.15) is 56.4 Å². The summed E-state index contributed by atoms with van der Waals surface area (Å²) in [5.74, 6) is -1.78. The van der Waals surface area contributed by atoms with E-state index in [1.807, 2.05) is 0 Å². The molecule has 0 atom stereocenters. The number of nitrogens with zero attached hydrogens (tertiary/aromatic N) is 1. The molecule has 2 heterocycles. The molecule has 4 rings (SSSR count). The highest BCUT2D eigenvalue weighted by Crippen LogP contribution is 2.05. The number of piperazine rings is 2. The Hall–Kier alpha value is -2.25. The number of amides is 1. The Morgan fingerprint density at radius 3 is 1.62 bits per heavy atom. The maximum absolute atomic E-state index is 12.9. The number of carbonyl (C=O) groups is 2. The summed E-state index contributed by atoms with van der Waals surface area (Å²) in [4.78, 5) is 23.3. The van der Waals surface area contributed by atoms with E-state index in [-0.39, 0.29) is 0 Å². The molecule has 0 bridgehead atoms. The van der Waals surface area contributed by atoms with Gasteiger partial charge in [0.05, 0.1) is 19.2 Å². The van der Waals surface area contributed by atoms with Crippen LogP contribution in [0.5, 0.6) is 0 Å². The molecule has 0 saturated carbocycles. The van der Waals surface area contributed by atoms with Crippen LogP contribution in [0.15, 0.2) is 60.4 Å². The third-order valence-corrected chi connectivity index (χ3v) is 2.64. The number of hydrogen-bond donors (Lipinski definition) is 3. The molecule has 0 aromatic heterocycles. The largest absolute Gasteiger partial charge is 0.336 e. The first-order chi connectivity index (χ1) is 24.2. The molecule has 0 radical (unpaired) electrons. The van der Waals surface area contributed by atoms with Gasteiger partial charge < -0.3 is 20.9 Å². The summed E-state index contributed by atoms with van der Waals surface area (Å²) in [5.41, 5.74) is -1.58. The summed E-state index contributed by atoms with van der Waals surface area (Å²) in [6, 6.07) is -7.59. The molecule has 29 heavy (non-hydrogen) atoms. The highest BCUT2D eigenvalue weighted by atomic mass is 35.5. The van der Waals surface area contributed by atoms with Crippen LogP contribution in [0.25, 0.3) is 0 Å². The summed E-state index contributed by atoms with van der Waals surface area (Å²) in [7, 11) is 0. The summed E-state index contributed by atoms with van der Waals surface area (Å²) in [6.07, 6.45) is 0. The molecule has 0 unspecified atom stereocenters. The van der Waals surface area contributed by atoms with Crippen molar-refractivity contribution in [1.82, 2.24) is 20.9 Å². The fraction of sp³-hybridized carbons (Fsp3) is 0.364. The molecule has 6 nitrogen and oxygen atoms in total. The Morgan fingerprint density at radius 1 is 0.759 bits per heavy atom. The van der Waals surface area contributed by atoms with Gasteiger partial charge in [0, 0.05) is 79.6 Å². The molecule has 2 aromatic rings. The molecule has 3 N–H and O–H groups in total. The van der Waals surface area contributed by atoms with Crippen LogP contribution >= 0.6 is 11.6 Å². The second-order valence-electron chi connectivity index (χ2n) is 4.26. The quantitative estimate of drug-likeness (QED) is 0.620.